The normalized spacial score (nSPS) is 13.1. The van der Waals surface area contributed by atoms with E-state index < -0.39 is 0 Å². The molecule has 0 saturated heterocycles. The summed E-state index contributed by atoms with van der Waals surface area (Å²) in [6, 6.07) is 3.96. The Morgan fingerprint density at radius 1 is 1.33 bits per heavy atom. The van der Waals surface area contributed by atoms with Gasteiger partial charge in [-0.25, -0.2) is 0 Å². The molecular formula is C11H19ClN2S. The molecule has 0 fully saturated rings. The predicted octanol–water partition coefficient (Wildman–Crippen LogP) is 3.31. The zero-order valence-electron chi connectivity index (χ0n) is 9.51. The van der Waals surface area contributed by atoms with Crippen molar-refractivity contribution < 1.29 is 0 Å². The van der Waals surface area contributed by atoms with Crippen molar-refractivity contribution in [2.45, 2.75) is 13.8 Å². The fourth-order valence-electron chi connectivity index (χ4n) is 1.45. The summed E-state index contributed by atoms with van der Waals surface area (Å²) in [4.78, 5) is 0. The van der Waals surface area contributed by atoms with E-state index in [0.717, 1.165) is 22.4 Å². The third kappa shape index (κ3) is 4.41. The van der Waals surface area contributed by atoms with Gasteiger partial charge in [-0.1, -0.05) is 25.4 Å². The summed E-state index contributed by atoms with van der Waals surface area (Å²) < 4.78 is 0.840. The molecule has 0 aromatic carbocycles. The highest BCUT2D eigenvalue weighted by atomic mass is 35.5. The SMILES string of the molecule is CNCC(CNc1ccc(Cl)s1)C(C)C. The van der Waals surface area contributed by atoms with Gasteiger partial charge in [0.2, 0.25) is 0 Å². The molecule has 0 aliphatic carbocycles. The van der Waals surface area contributed by atoms with Crippen LogP contribution in [0, 0.1) is 11.8 Å². The van der Waals surface area contributed by atoms with Crippen LogP contribution in [0.2, 0.25) is 4.34 Å². The predicted molar refractivity (Wildman–Crippen MR) is 70.1 cm³/mol. The van der Waals surface area contributed by atoms with E-state index in [0.29, 0.717) is 11.8 Å². The molecule has 1 aromatic rings. The summed E-state index contributed by atoms with van der Waals surface area (Å²) in [7, 11) is 2.00. The minimum Gasteiger partial charge on any atom is -0.377 e. The van der Waals surface area contributed by atoms with Crippen molar-refractivity contribution in [2.24, 2.45) is 11.8 Å². The third-order valence-electron chi connectivity index (χ3n) is 2.52. The fourth-order valence-corrected chi connectivity index (χ4v) is 2.40. The third-order valence-corrected chi connectivity index (χ3v) is 3.71. The van der Waals surface area contributed by atoms with Crippen LogP contribution < -0.4 is 10.6 Å². The van der Waals surface area contributed by atoms with Gasteiger partial charge in [-0.2, -0.15) is 0 Å². The zero-order valence-corrected chi connectivity index (χ0v) is 11.1. The Hall–Kier alpha value is -0.250. The lowest BCUT2D eigenvalue weighted by molar-refractivity contribution is 0.391. The molecule has 1 heterocycles. The highest BCUT2D eigenvalue weighted by Crippen LogP contribution is 2.26. The fraction of sp³-hybridized carbons (Fsp3) is 0.636. The Kier molecular flexibility index (Phi) is 5.43. The van der Waals surface area contributed by atoms with E-state index in [4.69, 9.17) is 11.6 Å². The van der Waals surface area contributed by atoms with Crippen LogP contribution in [0.1, 0.15) is 13.8 Å². The quantitative estimate of drug-likeness (QED) is 0.805. The number of hydrogen-bond acceptors (Lipinski definition) is 3. The summed E-state index contributed by atoms with van der Waals surface area (Å²) in [5.41, 5.74) is 0. The average molecular weight is 247 g/mol. The number of nitrogens with one attached hydrogen (secondary N) is 2. The number of anilines is 1. The van der Waals surface area contributed by atoms with Gasteiger partial charge >= 0.3 is 0 Å². The van der Waals surface area contributed by atoms with E-state index >= 15 is 0 Å². The van der Waals surface area contributed by atoms with E-state index in [1.807, 2.05) is 19.2 Å². The summed E-state index contributed by atoms with van der Waals surface area (Å²) in [6.07, 6.45) is 0. The van der Waals surface area contributed by atoms with Crippen molar-refractivity contribution in [3.05, 3.63) is 16.5 Å². The van der Waals surface area contributed by atoms with Crippen molar-refractivity contribution in [3.63, 3.8) is 0 Å². The van der Waals surface area contributed by atoms with E-state index in [1.165, 1.54) is 0 Å². The number of halogens is 1. The summed E-state index contributed by atoms with van der Waals surface area (Å²) >= 11 is 7.46. The molecule has 0 saturated carbocycles. The highest BCUT2D eigenvalue weighted by Gasteiger charge is 2.12. The summed E-state index contributed by atoms with van der Waals surface area (Å²) in [5.74, 6) is 1.33. The lowest BCUT2D eigenvalue weighted by atomic mass is 9.96. The van der Waals surface area contributed by atoms with Crippen LogP contribution in [-0.4, -0.2) is 20.1 Å². The van der Waals surface area contributed by atoms with Crippen molar-refractivity contribution >= 4 is 27.9 Å². The Labute approximate surface area is 101 Å². The molecule has 0 amide bonds. The molecule has 1 aromatic heterocycles. The van der Waals surface area contributed by atoms with E-state index in [1.54, 1.807) is 11.3 Å². The highest BCUT2D eigenvalue weighted by molar-refractivity contribution is 7.19. The Balaban J connectivity index is 2.39. The average Bonchev–Trinajstić information content (AvgIpc) is 2.58. The lowest BCUT2D eigenvalue weighted by Crippen LogP contribution is -2.29. The largest absolute Gasteiger partial charge is 0.377 e. The first-order chi connectivity index (χ1) is 7.13. The van der Waals surface area contributed by atoms with Gasteiger partial charge in [0.1, 0.15) is 0 Å². The van der Waals surface area contributed by atoms with Gasteiger partial charge < -0.3 is 10.6 Å². The van der Waals surface area contributed by atoms with Crippen molar-refractivity contribution in [1.82, 2.24) is 5.32 Å². The first-order valence-electron chi connectivity index (χ1n) is 5.27. The van der Waals surface area contributed by atoms with Crippen molar-refractivity contribution in [1.29, 1.82) is 0 Å². The minimum atomic E-state index is 0.649. The van der Waals surface area contributed by atoms with Gasteiger partial charge in [0.15, 0.2) is 0 Å². The van der Waals surface area contributed by atoms with Crippen LogP contribution in [0.5, 0.6) is 0 Å². The molecule has 4 heteroatoms. The molecule has 0 bridgehead atoms. The van der Waals surface area contributed by atoms with E-state index in [-0.39, 0.29) is 0 Å². The maximum absolute atomic E-state index is 5.87. The van der Waals surface area contributed by atoms with Gasteiger partial charge in [-0.05, 0) is 37.6 Å². The molecule has 0 spiro atoms. The van der Waals surface area contributed by atoms with Crippen LogP contribution in [0.4, 0.5) is 5.00 Å². The first kappa shape index (κ1) is 12.8. The molecule has 0 aliphatic heterocycles. The molecule has 86 valence electrons. The standard InChI is InChI=1S/C11H19ClN2S/c1-8(2)9(6-13-3)7-14-11-5-4-10(12)15-11/h4-5,8-9,13-14H,6-7H2,1-3H3. The second kappa shape index (κ2) is 6.36. The molecule has 2 N–H and O–H groups in total. The second-order valence-corrected chi connectivity index (χ2v) is 5.76. The van der Waals surface area contributed by atoms with Gasteiger partial charge in [0.05, 0.1) is 9.34 Å². The first-order valence-corrected chi connectivity index (χ1v) is 6.46. The monoisotopic (exact) mass is 246 g/mol. The molecule has 1 unspecified atom stereocenters. The molecule has 0 radical (unpaired) electrons. The molecule has 0 aliphatic rings. The van der Waals surface area contributed by atoms with Crippen LogP contribution in [-0.2, 0) is 0 Å². The van der Waals surface area contributed by atoms with Crippen LogP contribution in [0.15, 0.2) is 12.1 Å². The number of rotatable bonds is 6. The summed E-state index contributed by atoms with van der Waals surface area (Å²) in [5, 5.41) is 7.81. The van der Waals surface area contributed by atoms with E-state index in [2.05, 4.69) is 24.5 Å². The summed E-state index contributed by atoms with van der Waals surface area (Å²) in [6.45, 7) is 6.55. The van der Waals surface area contributed by atoms with Crippen LogP contribution in [0.25, 0.3) is 0 Å². The second-order valence-electron chi connectivity index (χ2n) is 4.05. The molecule has 1 rings (SSSR count). The maximum Gasteiger partial charge on any atom is 0.0950 e. The Bertz CT molecular complexity index is 286. The lowest BCUT2D eigenvalue weighted by Gasteiger charge is -2.20. The van der Waals surface area contributed by atoms with Gasteiger partial charge in [-0.15, -0.1) is 11.3 Å². The topological polar surface area (TPSA) is 24.1 Å². The molecule has 1 atom stereocenters. The van der Waals surface area contributed by atoms with Gasteiger partial charge in [-0.3, -0.25) is 0 Å². The smallest absolute Gasteiger partial charge is 0.0950 e. The maximum atomic E-state index is 5.87. The number of hydrogen-bond donors (Lipinski definition) is 2. The van der Waals surface area contributed by atoms with Crippen LogP contribution in [0.3, 0.4) is 0 Å². The van der Waals surface area contributed by atoms with Crippen molar-refractivity contribution in [3.8, 4) is 0 Å². The van der Waals surface area contributed by atoms with Gasteiger partial charge in [0.25, 0.3) is 0 Å². The molecule has 2 nitrogen and oxygen atoms in total. The Morgan fingerprint density at radius 2 is 2.07 bits per heavy atom. The molecule has 15 heavy (non-hydrogen) atoms. The minimum absolute atomic E-state index is 0.649. The Morgan fingerprint density at radius 3 is 2.53 bits per heavy atom. The van der Waals surface area contributed by atoms with E-state index in [9.17, 15) is 0 Å². The van der Waals surface area contributed by atoms with Crippen molar-refractivity contribution in [2.75, 3.05) is 25.5 Å². The number of thiophene rings is 1. The van der Waals surface area contributed by atoms with Crippen LogP contribution >= 0.6 is 22.9 Å². The molecular weight excluding hydrogens is 228 g/mol. The zero-order chi connectivity index (χ0) is 11.3. The van der Waals surface area contributed by atoms with Gasteiger partial charge in [0, 0.05) is 6.54 Å².